The fourth-order valence-corrected chi connectivity index (χ4v) is 3.61. The van der Waals surface area contributed by atoms with Gasteiger partial charge in [0.25, 0.3) is 0 Å². The molecule has 4 aromatic rings. The summed E-state index contributed by atoms with van der Waals surface area (Å²) in [6, 6.07) is 8.36. The van der Waals surface area contributed by atoms with Crippen molar-refractivity contribution in [1.29, 1.82) is 0 Å². The Balaban J connectivity index is 1.90. The molecule has 0 aliphatic carbocycles. The number of thiophene rings is 1. The van der Waals surface area contributed by atoms with Crippen molar-refractivity contribution < 1.29 is 0 Å². The van der Waals surface area contributed by atoms with E-state index in [9.17, 15) is 0 Å². The third-order valence-corrected chi connectivity index (χ3v) is 4.99. The number of nitrogens with one attached hydrogen (secondary N) is 1. The number of hydrogen-bond donors (Lipinski definition) is 1. The Hall–Kier alpha value is -2.47. The van der Waals surface area contributed by atoms with Gasteiger partial charge in [-0.3, -0.25) is 0 Å². The number of fused-ring (bicyclic) bond motifs is 3. The molecule has 0 unspecified atom stereocenters. The molecule has 0 radical (unpaired) electrons. The second kappa shape index (κ2) is 5.87. The van der Waals surface area contributed by atoms with E-state index in [4.69, 9.17) is 10.1 Å². The van der Waals surface area contributed by atoms with Gasteiger partial charge in [0, 0.05) is 22.3 Å². The Labute approximate surface area is 144 Å². The van der Waals surface area contributed by atoms with Crippen LogP contribution in [0.15, 0.2) is 29.6 Å². The minimum absolute atomic E-state index is 0.757. The molecule has 0 atom stereocenters. The highest BCUT2D eigenvalue weighted by atomic mass is 32.1. The monoisotopic (exact) mass is 337 g/mol. The van der Waals surface area contributed by atoms with Crippen LogP contribution >= 0.6 is 11.3 Å². The molecule has 122 valence electrons. The summed E-state index contributed by atoms with van der Waals surface area (Å²) in [6.07, 6.45) is 0.884. The third kappa shape index (κ3) is 2.53. The van der Waals surface area contributed by atoms with Gasteiger partial charge in [-0.1, -0.05) is 13.0 Å². The van der Waals surface area contributed by atoms with E-state index >= 15 is 0 Å². The molecular weight excluding hydrogens is 318 g/mol. The SMILES string of the molecule is CCc1cc(NCc2cccs2)n2nc3nc(C)cc(C)c3c2n1. The normalized spacial score (nSPS) is 11.5. The first-order valence-electron chi connectivity index (χ1n) is 8.08. The summed E-state index contributed by atoms with van der Waals surface area (Å²) in [5.41, 5.74) is 4.83. The van der Waals surface area contributed by atoms with Gasteiger partial charge in [0.1, 0.15) is 5.82 Å². The van der Waals surface area contributed by atoms with E-state index in [0.717, 1.165) is 52.4 Å². The molecule has 0 spiro atoms. The molecule has 5 nitrogen and oxygen atoms in total. The number of rotatable bonds is 4. The molecule has 0 saturated heterocycles. The Bertz CT molecular complexity index is 1020. The van der Waals surface area contributed by atoms with Gasteiger partial charge in [-0.25, -0.2) is 9.97 Å². The first kappa shape index (κ1) is 15.1. The molecule has 0 saturated carbocycles. The van der Waals surface area contributed by atoms with E-state index in [1.54, 1.807) is 11.3 Å². The zero-order valence-corrected chi connectivity index (χ0v) is 14.8. The van der Waals surface area contributed by atoms with Gasteiger partial charge in [-0.2, -0.15) is 4.52 Å². The van der Waals surface area contributed by atoms with Crippen molar-refractivity contribution in [3.8, 4) is 0 Å². The molecule has 6 heteroatoms. The van der Waals surface area contributed by atoms with Gasteiger partial charge in [-0.05, 0) is 43.3 Å². The molecule has 4 rings (SSSR count). The standard InChI is InChI=1S/C18H19N5S/c1-4-13-9-15(19-10-14-6-5-7-24-14)23-18(21-13)16-11(2)8-12(3)20-17(16)22-23/h5-9,19H,4,10H2,1-3H3. The maximum atomic E-state index is 4.80. The number of anilines is 1. The maximum absolute atomic E-state index is 4.80. The van der Waals surface area contributed by atoms with E-state index < -0.39 is 0 Å². The highest BCUT2D eigenvalue weighted by molar-refractivity contribution is 7.09. The van der Waals surface area contributed by atoms with Crippen LogP contribution in [-0.4, -0.2) is 19.6 Å². The predicted octanol–water partition coefficient (Wildman–Crippen LogP) is 4.13. The lowest BCUT2D eigenvalue weighted by Gasteiger charge is -2.09. The highest BCUT2D eigenvalue weighted by Crippen LogP contribution is 2.25. The fraction of sp³-hybridized carbons (Fsp3) is 0.278. The van der Waals surface area contributed by atoms with Crippen LogP contribution in [0.4, 0.5) is 5.82 Å². The molecule has 24 heavy (non-hydrogen) atoms. The Kier molecular flexibility index (Phi) is 3.69. The number of aromatic nitrogens is 4. The van der Waals surface area contributed by atoms with Crippen molar-refractivity contribution in [1.82, 2.24) is 19.6 Å². The van der Waals surface area contributed by atoms with Crippen molar-refractivity contribution >= 4 is 33.8 Å². The topological polar surface area (TPSA) is 55.1 Å². The molecular formula is C18H19N5S. The van der Waals surface area contributed by atoms with E-state index in [2.05, 4.69) is 53.8 Å². The minimum atomic E-state index is 0.757. The molecule has 0 fully saturated rings. The summed E-state index contributed by atoms with van der Waals surface area (Å²) in [7, 11) is 0. The van der Waals surface area contributed by atoms with E-state index in [1.165, 1.54) is 4.88 Å². The molecule has 0 aliphatic heterocycles. The van der Waals surface area contributed by atoms with Gasteiger partial charge in [0.2, 0.25) is 0 Å². The lowest BCUT2D eigenvalue weighted by atomic mass is 10.2. The molecule has 4 aromatic heterocycles. The predicted molar refractivity (Wildman–Crippen MR) is 98.8 cm³/mol. The lowest BCUT2D eigenvalue weighted by molar-refractivity contribution is 0.909. The van der Waals surface area contributed by atoms with Crippen LogP contribution in [0.3, 0.4) is 0 Å². The highest BCUT2D eigenvalue weighted by Gasteiger charge is 2.15. The summed E-state index contributed by atoms with van der Waals surface area (Å²) in [4.78, 5) is 10.7. The molecule has 0 aromatic carbocycles. The molecule has 1 N–H and O–H groups in total. The number of pyridine rings is 1. The fourth-order valence-electron chi connectivity index (χ4n) is 2.97. The van der Waals surface area contributed by atoms with Crippen LogP contribution in [0.2, 0.25) is 0 Å². The third-order valence-electron chi connectivity index (χ3n) is 4.11. The average molecular weight is 337 g/mol. The first-order valence-corrected chi connectivity index (χ1v) is 8.96. The van der Waals surface area contributed by atoms with Crippen LogP contribution in [0.5, 0.6) is 0 Å². The Morgan fingerprint density at radius 3 is 2.83 bits per heavy atom. The van der Waals surface area contributed by atoms with Crippen LogP contribution in [0, 0.1) is 13.8 Å². The Morgan fingerprint density at radius 2 is 2.08 bits per heavy atom. The zero-order chi connectivity index (χ0) is 16.7. The van der Waals surface area contributed by atoms with Crippen LogP contribution in [0.25, 0.3) is 16.7 Å². The number of aryl methyl sites for hydroxylation is 3. The van der Waals surface area contributed by atoms with E-state index in [-0.39, 0.29) is 0 Å². The molecule has 0 amide bonds. The molecule has 4 heterocycles. The summed E-state index contributed by atoms with van der Waals surface area (Å²) in [6.45, 7) is 6.99. The van der Waals surface area contributed by atoms with Gasteiger partial charge in [-0.15, -0.1) is 16.4 Å². The largest absolute Gasteiger partial charge is 0.365 e. The molecule has 0 bridgehead atoms. The second-order valence-corrected chi connectivity index (χ2v) is 6.97. The van der Waals surface area contributed by atoms with Crippen LogP contribution in [0.1, 0.15) is 28.8 Å². The quantitative estimate of drug-likeness (QED) is 0.608. The average Bonchev–Trinajstić information content (AvgIpc) is 3.19. The summed E-state index contributed by atoms with van der Waals surface area (Å²) in [5, 5.41) is 11.3. The summed E-state index contributed by atoms with van der Waals surface area (Å²) < 4.78 is 1.89. The van der Waals surface area contributed by atoms with Gasteiger partial charge < -0.3 is 5.32 Å². The molecule has 0 aliphatic rings. The maximum Gasteiger partial charge on any atom is 0.184 e. The van der Waals surface area contributed by atoms with E-state index in [0.29, 0.717) is 0 Å². The van der Waals surface area contributed by atoms with Crippen LogP contribution < -0.4 is 5.32 Å². The number of hydrogen-bond acceptors (Lipinski definition) is 5. The van der Waals surface area contributed by atoms with Crippen molar-refractivity contribution in [2.24, 2.45) is 0 Å². The minimum Gasteiger partial charge on any atom is -0.365 e. The van der Waals surface area contributed by atoms with Crippen molar-refractivity contribution in [2.45, 2.75) is 33.7 Å². The van der Waals surface area contributed by atoms with Crippen LogP contribution in [-0.2, 0) is 13.0 Å². The Morgan fingerprint density at radius 1 is 1.21 bits per heavy atom. The lowest BCUT2D eigenvalue weighted by Crippen LogP contribution is -2.06. The van der Waals surface area contributed by atoms with Crippen molar-refractivity contribution in [2.75, 3.05) is 5.32 Å². The van der Waals surface area contributed by atoms with E-state index in [1.807, 2.05) is 11.4 Å². The van der Waals surface area contributed by atoms with Gasteiger partial charge in [0.15, 0.2) is 11.3 Å². The number of nitrogens with zero attached hydrogens (tertiary/aromatic N) is 4. The summed E-state index contributed by atoms with van der Waals surface area (Å²) in [5.74, 6) is 0.959. The smallest absolute Gasteiger partial charge is 0.184 e. The second-order valence-electron chi connectivity index (χ2n) is 5.93. The van der Waals surface area contributed by atoms with Gasteiger partial charge >= 0.3 is 0 Å². The first-order chi connectivity index (χ1) is 11.7. The van der Waals surface area contributed by atoms with Crippen molar-refractivity contribution in [3.63, 3.8) is 0 Å². The zero-order valence-electron chi connectivity index (χ0n) is 14.0. The van der Waals surface area contributed by atoms with Crippen molar-refractivity contribution in [3.05, 3.63) is 51.5 Å². The summed E-state index contributed by atoms with van der Waals surface area (Å²) >= 11 is 1.75. The van der Waals surface area contributed by atoms with Gasteiger partial charge in [0.05, 0.1) is 11.9 Å².